The first-order valence-electron chi connectivity index (χ1n) is 16.4. The van der Waals surface area contributed by atoms with E-state index in [0.717, 1.165) is 18.4 Å². The minimum Gasteiger partial charge on any atom is -0.378 e. The summed E-state index contributed by atoms with van der Waals surface area (Å²) in [6, 6.07) is 0. The van der Waals surface area contributed by atoms with Crippen LogP contribution in [-0.4, -0.2) is 17.7 Å². The molecule has 0 radical (unpaired) electrons. The molecule has 0 aliphatic heterocycles. The van der Waals surface area contributed by atoms with Crippen molar-refractivity contribution in [3.8, 4) is 0 Å². The Morgan fingerprint density at radius 3 is 1.86 bits per heavy atom. The van der Waals surface area contributed by atoms with Gasteiger partial charge in [-0.05, 0) is 69.6 Å². The number of hydrogen-bond acceptors (Lipinski definition) is 3. The van der Waals surface area contributed by atoms with Gasteiger partial charge in [-0.15, -0.1) is 11.3 Å². The Kier molecular flexibility index (Phi) is 15.7. The summed E-state index contributed by atoms with van der Waals surface area (Å²) in [4.78, 5) is 6.54. The molecule has 2 fully saturated rings. The van der Waals surface area contributed by atoms with Gasteiger partial charge in [0.25, 0.3) is 0 Å². The molecule has 0 aromatic carbocycles. The molecule has 36 heavy (non-hydrogen) atoms. The number of rotatable bonds is 19. The fourth-order valence-electron chi connectivity index (χ4n) is 6.59. The lowest BCUT2D eigenvalue weighted by Crippen LogP contribution is -2.21. The molecule has 0 amide bonds. The largest absolute Gasteiger partial charge is 0.378 e. The highest BCUT2D eigenvalue weighted by Crippen LogP contribution is 2.42. The van der Waals surface area contributed by atoms with Crippen LogP contribution < -0.4 is 0 Å². The van der Waals surface area contributed by atoms with Crippen molar-refractivity contribution in [2.24, 2.45) is 5.92 Å². The third-order valence-electron chi connectivity index (χ3n) is 9.13. The first-order chi connectivity index (χ1) is 17.8. The van der Waals surface area contributed by atoms with Crippen LogP contribution in [0.2, 0.25) is 0 Å². The Balaban J connectivity index is 1.24. The van der Waals surface area contributed by atoms with Crippen molar-refractivity contribution in [2.45, 2.75) is 179 Å². The Labute approximate surface area is 228 Å². The van der Waals surface area contributed by atoms with E-state index in [9.17, 15) is 0 Å². The van der Waals surface area contributed by atoms with Gasteiger partial charge >= 0.3 is 0 Å². The number of nitrogens with zero attached hydrogens (tertiary/aromatic N) is 1. The molecular formula is C33H59NOS. The minimum atomic E-state index is 0.507. The zero-order valence-corrected chi connectivity index (χ0v) is 24.9. The molecule has 0 bridgehead atoms. The molecule has 2 nitrogen and oxygen atoms in total. The molecule has 0 spiro atoms. The highest BCUT2D eigenvalue weighted by atomic mass is 32.1. The Morgan fingerprint density at radius 1 is 0.667 bits per heavy atom. The van der Waals surface area contributed by atoms with Gasteiger partial charge in [0.15, 0.2) is 0 Å². The highest BCUT2D eigenvalue weighted by molar-refractivity contribution is 7.11. The summed E-state index contributed by atoms with van der Waals surface area (Å²) in [6.07, 6.45) is 34.7. The first kappa shape index (κ1) is 30.1. The van der Waals surface area contributed by atoms with Crippen molar-refractivity contribution in [3.05, 3.63) is 16.1 Å². The van der Waals surface area contributed by atoms with Crippen molar-refractivity contribution >= 4 is 11.3 Å². The maximum absolute atomic E-state index is 6.23. The summed E-state index contributed by atoms with van der Waals surface area (Å²) in [5, 5.41) is 1.43. The van der Waals surface area contributed by atoms with Crippen LogP contribution >= 0.6 is 11.3 Å². The molecular weight excluding hydrogens is 458 g/mol. The number of ether oxygens (including phenoxy) is 1. The number of thiazole rings is 1. The van der Waals surface area contributed by atoms with Crippen LogP contribution in [0, 0.1) is 5.92 Å². The van der Waals surface area contributed by atoms with E-state index in [0.29, 0.717) is 12.0 Å². The third-order valence-corrected chi connectivity index (χ3v) is 10.5. The lowest BCUT2D eigenvalue weighted by molar-refractivity contribution is 0.0226. The Hall–Kier alpha value is -0.410. The van der Waals surface area contributed by atoms with E-state index < -0.39 is 0 Å². The second-order valence-electron chi connectivity index (χ2n) is 12.2. The van der Waals surface area contributed by atoms with Gasteiger partial charge in [-0.3, -0.25) is 0 Å². The fourth-order valence-corrected chi connectivity index (χ4v) is 7.85. The van der Waals surface area contributed by atoms with E-state index in [4.69, 9.17) is 9.72 Å². The van der Waals surface area contributed by atoms with Crippen molar-refractivity contribution in [1.29, 1.82) is 0 Å². The SMILES string of the molecule is CCCCCCCCCCC1CCC(c2cnc(C3CCC(OCCCCCCCC)CC3)s2)CC1. The van der Waals surface area contributed by atoms with Gasteiger partial charge < -0.3 is 4.74 Å². The fraction of sp³-hybridized carbons (Fsp3) is 0.909. The Bertz CT molecular complexity index is 642. The maximum Gasteiger partial charge on any atom is 0.0958 e. The lowest BCUT2D eigenvalue weighted by atomic mass is 9.79. The molecule has 1 heterocycles. The highest BCUT2D eigenvalue weighted by Gasteiger charge is 2.27. The molecule has 3 heteroatoms. The van der Waals surface area contributed by atoms with Crippen molar-refractivity contribution < 1.29 is 4.74 Å². The average Bonchev–Trinajstić information content (AvgIpc) is 3.41. The van der Waals surface area contributed by atoms with E-state index >= 15 is 0 Å². The molecule has 1 aromatic heterocycles. The molecule has 2 saturated carbocycles. The molecule has 0 atom stereocenters. The average molecular weight is 518 g/mol. The van der Waals surface area contributed by atoms with E-state index in [1.165, 1.54) is 153 Å². The second kappa shape index (κ2) is 18.8. The van der Waals surface area contributed by atoms with Gasteiger partial charge in [-0.2, -0.15) is 0 Å². The van der Waals surface area contributed by atoms with Crippen molar-refractivity contribution in [2.75, 3.05) is 6.61 Å². The third kappa shape index (κ3) is 11.5. The van der Waals surface area contributed by atoms with Gasteiger partial charge in [0.1, 0.15) is 0 Å². The van der Waals surface area contributed by atoms with Crippen LogP contribution in [0.4, 0.5) is 0 Å². The zero-order chi connectivity index (χ0) is 25.3. The molecule has 0 saturated heterocycles. The normalized spacial score (nSPS) is 24.8. The van der Waals surface area contributed by atoms with Crippen LogP contribution in [0.25, 0.3) is 0 Å². The summed E-state index contributed by atoms with van der Waals surface area (Å²) in [5.41, 5.74) is 0. The standard InChI is InChI=1S/C33H59NOS/c1-3-5-7-9-11-12-13-15-17-28-18-20-29(21-19-28)32-27-34-33(36-32)30-22-24-31(25-23-30)35-26-16-14-10-8-6-4-2/h27-31H,3-26H2,1-2H3. The second-order valence-corrected chi connectivity index (χ2v) is 13.3. The van der Waals surface area contributed by atoms with Crippen LogP contribution in [0.5, 0.6) is 0 Å². The quantitative estimate of drug-likeness (QED) is 0.170. The van der Waals surface area contributed by atoms with Gasteiger partial charge in [-0.25, -0.2) is 4.98 Å². The molecule has 2 aliphatic rings. The molecule has 3 rings (SSSR count). The summed E-state index contributed by atoms with van der Waals surface area (Å²) < 4.78 is 6.23. The summed E-state index contributed by atoms with van der Waals surface area (Å²) in [5.74, 6) is 2.49. The predicted molar refractivity (Wildman–Crippen MR) is 158 cm³/mol. The van der Waals surface area contributed by atoms with Gasteiger partial charge in [0, 0.05) is 23.6 Å². The molecule has 0 N–H and O–H groups in total. The molecule has 0 unspecified atom stereocenters. The minimum absolute atomic E-state index is 0.507. The van der Waals surface area contributed by atoms with Crippen molar-refractivity contribution in [1.82, 2.24) is 4.98 Å². The van der Waals surface area contributed by atoms with Crippen LogP contribution in [0.15, 0.2) is 6.20 Å². The monoisotopic (exact) mass is 517 g/mol. The van der Waals surface area contributed by atoms with E-state index in [2.05, 4.69) is 31.4 Å². The molecule has 2 aliphatic carbocycles. The van der Waals surface area contributed by atoms with Gasteiger partial charge in [-0.1, -0.05) is 104 Å². The topological polar surface area (TPSA) is 22.1 Å². The number of unbranched alkanes of at least 4 members (excludes halogenated alkanes) is 12. The predicted octanol–water partition coefficient (Wildman–Crippen LogP) is 11.4. The van der Waals surface area contributed by atoms with Crippen LogP contribution in [0.3, 0.4) is 0 Å². The number of aromatic nitrogens is 1. The van der Waals surface area contributed by atoms with Crippen LogP contribution in [0.1, 0.15) is 183 Å². The zero-order valence-electron chi connectivity index (χ0n) is 24.1. The lowest BCUT2D eigenvalue weighted by Gasteiger charge is -2.28. The van der Waals surface area contributed by atoms with E-state index in [1.54, 1.807) is 4.88 Å². The Morgan fingerprint density at radius 2 is 1.22 bits per heavy atom. The van der Waals surface area contributed by atoms with Gasteiger partial charge in [0.05, 0.1) is 11.1 Å². The van der Waals surface area contributed by atoms with Gasteiger partial charge in [0.2, 0.25) is 0 Å². The number of hydrogen-bond donors (Lipinski definition) is 0. The van der Waals surface area contributed by atoms with Crippen LogP contribution in [-0.2, 0) is 4.74 Å². The molecule has 208 valence electrons. The smallest absolute Gasteiger partial charge is 0.0958 e. The van der Waals surface area contributed by atoms with E-state index in [1.807, 2.05) is 0 Å². The summed E-state index contributed by atoms with van der Waals surface area (Å²) in [6.45, 7) is 5.57. The maximum atomic E-state index is 6.23. The van der Waals surface area contributed by atoms with Crippen molar-refractivity contribution in [3.63, 3.8) is 0 Å². The van der Waals surface area contributed by atoms with E-state index in [-0.39, 0.29) is 0 Å². The molecule has 1 aromatic rings. The first-order valence-corrected chi connectivity index (χ1v) is 17.2. The summed E-state index contributed by atoms with van der Waals surface area (Å²) in [7, 11) is 0. The summed E-state index contributed by atoms with van der Waals surface area (Å²) >= 11 is 2.06.